The van der Waals surface area contributed by atoms with E-state index >= 15 is 0 Å². The maximum absolute atomic E-state index is 14.0. The number of hydrogen-bond acceptors (Lipinski definition) is 3. The molecule has 1 fully saturated rings. The highest BCUT2D eigenvalue weighted by Crippen LogP contribution is 2.26. The standard InChI is InChI=1S/C16H25FN2O/c1-2-13(20)8-9-18-12-14-15(17)6-5-7-16(14)19-10-3-4-11-19/h5-7,13,18,20H,2-4,8-12H2,1H3. The first kappa shape index (κ1) is 15.3. The Labute approximate surface area is 120 Å². The van der Waals surface area contributed by atoms with E-state index in [2.05, 4.69) is 10.2 Å². The van der Waals surface area contributed by atoms with Crippen LogP contribution in [-0.2, 0) is 6.54 Å². The third-order valence-electron chi connectivity index (χ3n) is 3.97. The average Bonchev–Trinajstić information content (AvgIpc) is 2.98. The van der Waals surface area contributed by atoms with Gasteiger partial charge in [0.15, 0.2) is 0 Å². The van der Waals surface area contributed by atoms with Crippen LogP contribution in [0, 0.1) is 5.82 Å². The van der Waals surface area contributed by atoms with E-state index < -0.39 is 0 Å². The molecule has 1 saturated heterocycles. The molecule has 1 unspecified atom stereocenters. The number of nitrogens with one attached hydrogen (secondary N) is 1. The average molecular weight is 280 g/mol. The van der Waals surface area contributed by atoms with E-state index in [1.165, 1.54) is 18.9 Å². The third-order valence-corrected chi connectivity index (χ3v) is 3.97. The fourth-order valence-corrected chi connectivity index (χ4v) is 2.66. The first-order chi connectivity index (χ1) is 9.72. The Kier molecular flexibility index (Phi) is 5.80. The van der Waals surface area contributed by atoms with Crippen molar-refractivity contribution < 1.29 is 9.50 Å². The van der Waals surface area contributed by atoms with Crippen molar-refractivity contribution >= 4 is 5.69 Å². The lowest BCUT2D eigenvalue weighted by molar-refractivity contribution is 0.159. The highest BCUT2D eigenvalue weighted by Gasteiger charge is 2.17. The summed E-state index contributed by atoms with van der Waals surface area (Å²) in [6, 6.07) is 5.32. The van der Waals surface area contributed by atoms with Gasteiger partial charge in [0.1, 0.15) is 5.82 Å². The zero-order chi connectivity index (χ0) is 14.4. The summed E-state index contributed by atoms with van der Waals surface area (Å²) in [5.41, 5.74) is 1.77. The monoisotopic (exact) mass is 280 g/mol. The van der Waals surface area contributed by atoms with E-state index in [-0.39, 0.29) is 11.9 Å². The zero-order valence-corrected chi connectivity index (χ0v) is 12.2. The SMILES string of the molecule is CCC(O)CCNCc1c(F)cccc1N1CCCC1. The minimum Gasteiger partial charge on any atom is -0.393 e. The number of aliphatic hydroxyl groups is 1. The highest BCUT2D eigenvalue weighted by molar-refractivity contribution is 5.54. The molecule has 0 amide bonds. The molecule has 4 heteroatoms. The van der Waals surface area contributed by atoms with Crippen LogP contribution in [0.4, 0.5) is 10.1 Å². The molecule has 1 atom stereocenters. The summed E-state index contributed by atoms with van der Waals surface area (Å²) in [5.74, 6) is -0.141. The van der Waals surface area contributed by atoms with Crippen molar-refractivity contribution in [2.45, 2.75) is 45.3 Å². The Balaban J connectivity index is 1.95. The van der Waals surface area contributed by atoms with Gasteiger partial charge >= 0.3 is 0 Å². The number of halogens is 1. The van der Waals surface area contributed by atoms with Crippen molar-refractivity contribution in [1.82, 2.24) is 5.32 Å². The van der Waals surface area contributed by atoms with Gasteiger partial charge in [-0.25, -0.2) is 4.39 Å². The third kappa shape index (κ3) is 3.93. The van der Waals surface area contributed by atoms with E-state index in [9.17, 15) is 9.50 Å². The molecular formula is C16H25FN2O. The summed E-state index contributed by atoms with van der Waals surface area (Å²) in [6.07, 6.45) is 3.59. The van der Waals surface area contributed by atoms with E-state index in [1.807, 2.05) is 13.0 Å². The molecule has 0 radical (unpaired) electrons. The fourth-order valence-electron chi connectivity index (χ4n) is 2.66. The minimum absolute atomic E-state index is 0.141. The second-order valence-corrected chi connectivity index (χ2v) is 5.46. The summed E-state index contributed by atoms with van der Waals surface area (Å²) in [7, 11) is 0. The van der Waals surface area contributed by atoms with E-state index in [0.29, 0.717) is 19.5 Å². The Bertz CT molecular complexity index is 419. The topological polar surface area (TPSA) is 35.5 Å². The molecule has 1 aromatic carbocycles. The van der Waals surface area contributed by atoms with E-state index in [0.717, 1.165) is 30.8 Å². The molecule has 112 valence electrons. The normalized spacial score (nSPS) is 16.6. The summed E-state index contributed by atoms with van der Waals surface area (Å²) in [6.45, 7) is 5.24. The molecule has 3 nitrogen and oxygen atoms in total. The fraction of sp³-hybridized carbons (Fsp3) is 0.625. The van der Waals surface area contributed by atoms with Crippen molar-refractivity contribution in [3.8, 4) is 0 Å². The number of rotatable bonds is 7. The molecule has 1 heterocycles. The Morgan fingerprint density at radius 3 is 2.80 bits per heavy atom. The highest BCUT2D eigenvalue weighted by atomic mass is 19.1. The van der Waals surface area contributed by atoms with Gasteiger partial charge in [0.25, 0.3) is 0 Å². The van der Waals surface area contributed by atoms with Gasteiger partial charge in [-0.05, 0) is 44.4 Å². The van der Waals surface area contributed by atoms with Crippen molar-refractivity contribution in [3.63, 3.8) is 0 Å². The van der Waals surface area contributed by atoms with Crippen LogP contribution in [0.3, 0.4) is 0 Å². The molecule has 1 aliphatic rings. The maximum atomic E-state index is 14.0. The van der Waals surface area contributed by atoms with Gasteiger partial charge in [-0.1, -0.05) is 13.0 Å². The van der Waals surface area contributed by atoms with Gasteiger partial charge in [-0.2, -0.15) is 0 Å². The number of benzene rings is 1. The first-order valence-corrected chi connectivity index (χ1v) is 7.63. The van der Waals surface area contributed by atoms with Crippen LogP contribution >= 0.6 is 0 Å². The summed E-state index contributed by atoms with van der Waals surface area (Å²) >= 11 is 0. The largest absolute Gasteiger partial charge is 0.393 e. The first-order valence-electron chi connectivity index (χ1n) is 7.63. The van der Waals surface area contributed by atoms with Crippen LogP contribution in [0.2, 0.25) is 0 Å². The molecule has 0 spiro atoms. The van der Waals surface area contributed by atoms with Gasteiger partial charge in [0.05, 0.1) is 6.10 Å². The maximum Gasteiger partial charge on any atom is 0.129 e. The van der Waals surface area contributed by atoms with Crippen LogP contribution in [0.15, 0.2) is 18.2 Å². The lowest BCUT2D eigenvalue weighted by atomic mass is 10.1. The van der Waals surface area contributed by atoms with Crippen molar-refractivity contribution in [3.05, 3.63) is 29.6 Å². The van der Waals surface area contributed by atoms with Gasteiger partial charge in [0.2, 0.25) is 0 Å². The van der Waals surface area contributed by atoms with Crippen molar-refractivity contribution in [1.29, 1.82) is 0 Å². The van der Waals surface area contributed by atoms with E-state index in [4.69, 9.17) is 0 Å². The summed E-state index contributed by atoms with van der Waals surface area (Å²) in [4.78, 5) is 2.26. The minimum atomic E-state index is -0.263. The molecular weight excluding hydrogens is 255 g/mol. The predicted molar refractivity (Wildman–Crippen MR) is 80.5 cm³/mol. The zero-order valence-electron chi connectivity index (χ0n) is 12.2. The Hall–Kier alpha value is -1.13. The Morgan fingerprint density at radius 1 is 1.35 bits per heavy atom. The lowest BCUT2D eigenvalue weighted by Crippen LogP contribution is -2.24. The van der Waals surface area contributed by atoms with Crippen LogP contribution in [0.1, 0.15) is 38.2 Å². The van der Waals surface area contributed by atoms with Gasteiger partial charge < -0.3 is 15.3 Å². The van der Waals surface area contributed by atoms with Crippen LogP contribution in [0.5, 0.6) is 0 Å². The molecule has 0 saturated carbocycles. The number of aliphatic hydroxyl groups excluding tert-OH is 1. The summed E-state index contributed by atoms with van der Waals surface area (Å²) in [5, 5.41) is 12.8. The second-order valence-electron chi connectivity index (χ2n) is 5.46. The molecule has 1 aliphatic heterocycles. The predicted octanol–water partition coefficient (Wildman–Crippen LogP) is 2.68. The second kappa shape index (κ2) is 7.60. The van der Waals surface area contributed by atoms with Gasteiger partial charge in [-0.15, -0.1) is 0 Å². The smallest absolute Gasteiger partial charge is 0.129 e. The van der Waals surface area contributed by atoms with Crippen LogP contribution in [-0.4, -0.2) is 30.8 Å². The van der Waals surface area contributed by atoms with Gasteiger partial charge in [0, 0.05) is 30.9 Å². The lowest BCUT2D eigenvalue weighted by Gasteiger charge is -2.22. The number of hydrogen-bond donors (Lipinski definition) is 2. The molecule has 0 bridgehead atoms. The van der Waals surface area contributed by atoms with E-state index in [1.54, 1.807) is 6.07 Å². The molecule has 20 heavy (non-hydrogen) atoms. The molecule has 0 aliphatic carbocycles. The number of nitrogens with zero attached hydrogens (tertiary/aromatic N) is 1. The summed E-state index contributed by atoms with van der Waals surface area (Å²) < 4.78 is 14.0. The molecule has 2 N–H and O–H groups in total. The van der Waals surface area contributed by atoms with Crippen LogP contribution < -0.4 is 10.2 Å². The quantitative estimate of drug-likeness (QED) is 0.754. The molecule has 0 aromatic heterocycles. The molecule has 1 aromatic rings. The Morgan fingerprint density at radius 2 is 2.10 bits per heavy atom. The van der Waals surface area contributed by atoms with Crippen LogP contribution in [0.25, 0.3) is 0 Å². The number of anilines is 1. The molecule has 2 rings (SSSR count). The van der Waals surface area contributed by atoms with Crippen molar-refractivity contribution in [2.24, 2.45) is 0 Å². The van der Waals surface area contributed by atoms with Crippen molar-refractivity contribution in [2.75, 3.05) is 24.5 Å². The van der Waals surface area contributed by atoms with Gasteiger partial charge in [-0.3, -0.25) is 0 Å².